The van der Waals surface area contributed by atoms with E-state index in [4.69, 9.17) is 10.5 Å². The molecular weight excluding hydrogens is 190 g/mol. The minimum absolute atomic E-state index is 0.0148. The van der Waals surface area contributed by atoms with E-state index in [2.05, 4.69) is 17.2 Å². The maximum atomic E-state index is 5.62. The van der Waals surface area contributed by atoms with E-state index in [1.54, 1.807) is 6.07 Å². The van der Waals surface area contributed by atoms with Crippen LogP contribution in [0.2, 0.25) is 0 Å². The van der Waals surface area contributed by atoms with Gasteiger partial charge in [0.2, 0.25) is 0 Å². The Morgan fingerprint density at radius 2 is 2.40 bits per heavy atom. The lowest BCUT2D eigenvalue weighted by atomic mass is 9.95. The fourth-order valence-corrected chi connectivity index (χ4v) is 1.86. The quantitative estimate of drug-likeness (QED) is 0.774. The van der Waals surface area contributed by atoms with Gasteiger partial charge < -0.3 is 15.8 Å². The number of ether oxygens (including phenoxy) is 1. The second-order valence-electron chi connectivity index (χ2n) is 4.29. The van der Waals surface area contributed by atoms with Crippen LogP contribution in [-0.4, -0.2) is 23.7 Å². The third-order valence-electron chi connectivity index (χ3n) is 2.64. The molecule has 0 saturated carbocycles. The summed E-state index contributed by atoms with van der Waals surface area (Å²) in [5.74, 6) is 1.36. The molecule has 82 valence electrons. The number of anilines is 2. The zero-order valence-corrected chi connectivity index (χ0v) is 8.99. The Kier molecular flexibility index (Phi) is 2.77. The summed E-state index contributed by atoms with van der Waals surface area (Å²) < 4.78 is 5.47. The number of nitrogens with zero attached hydrogens (tertiary/aromatic N) is 1. The summed E-state index contributed by atoms with van der Waals surface area (Å²) >= 11 is 0. The van der Waals surface area contributed by atoms with E-state index >= 15 is 0 Å². The summed E-state index contributed by atoms with van der Waals surface area (Å²) in [5.41, 5.74) is 5.61. The molecule has 15 heavy (non-hydrogen) atoms. The largest absolute Gasteiger partial charge is 0.384 e. The highest BCUT2D eigenvalue weighted by molar-refractivity contribution is 5.44. The molecule has 4 nitrogen and oxygen atoms in total. The van der Waals surface area contributed by atoms with Crippen LogP contribution >= 0.6 is 0 Å². The van der Waals surface area contributed by atoms with Gasteiger partial charge in [-0.05, 0) is 31.9 Å². The molecule has 1 saturated heterocycles. The monoisotopic (exact) mass is 207 g/mol. The van der Waals surface area contributed by atoms with Crippen LogP contribution < -0.4 is 11.1 Å². The third-order valence-corrected chi connectivity index (χ3v) is 2.64. The lowest BCUT2D eigenvalue weighted by molar-refractivity contribution is 0.0539. The van der Waals surface area contributed by atoms with Gasteiger partial charge in [-0.15, -0.1) is 0 Å². The van der Waals surface area contributed by atoms with E-state index in [1.165, 1.54) is 0 Å². The van der Waals surface area contributed by atoms with Gasteiger partial charge >= 0.3 is 0 Å². The van der Waals surface area contributed by atoms with Crippen molar-refractivity contribution in [3.05, 3.63) is 18.2 Å². The fourth-order valence-electron chi connectivity index (χ4n) is 1.86. The molecule has 1 atom stereocenters. The molecule has 3 N–H and O–H groups in total. The van der Waals surface area contributed by atoms with E-state index < -0.39 is 0 Å². The molecule has 1 aromatic rings. The number of aromatic nitrogens is 1. The Morgan fingerprint density at radius 3 is 3.07 bits per heavy atom. The van der Waals surface area contributed by atoms with Crippen molar-refractivity contribution in [3.63, 3.8) is 0 Å². The second kappa shape index (κ2) is 4.06. The Labute approximate surface area is 89.8 Å². The van der Waals surface area contributed by atoms with Gasteiger partial charge in [-0.3, -0.25) is 0 Å². The number of nitrogens with two attached hydrogens (primary N) is 1. The molecule has 0 aliphatic carbocycles. The van der Waals surface area contributed by atoms with Crippen molar-refractivity contribution in [1.29, 1.82) is 0 Å². The van der Waals surface area contributed by atoms with E-state index in [-0.39, 0.29) is 5.54 Å². The van der Waals surface area contributed by atoms with Crippen molar-refractivity contribution in [2.75, 3.05) is 24.3 Å². The topological polar surface area (TPSA) is 60.2 Å². The van der Waals surface area contributed by atoms with E-state index in [0.717, 1.165) is 31.9 Å². The van der Waals surface area contributed by atoms with Crippen LogP contribution in [0.4, 0.5) is 11.6 Å². The maximum absolute atomic E-state index is 5.62. The molecule has 1 fully saturated rings. The van der Waals surface area contributed by atoms with E-state index in [0.29, 0.717) is 5.82 Å². The second-order valence-corrected chi connectivity index (χ2v) is 4.29. The number of nitrogen functional groups attached to an aromatic ring is 1. The minimum Gasteiger partial charge on any atom is -0.384 e. The molecule has 0 bridgehead atoms. The summed E-state index contributed by atoms with van der Waals surface area (Å²) in [6, 6.07) is 5.61. The zero-order valence-electron chi connectivity index (χ0n) is 8.99. The Hall–Kier alpha value is -1.29. The van der Waals surface area contributed by atoms with Crippen LogP contribution in [0.25, 0.3) is 0 Å². The van der Waals surface area contributed by atoms with Crippen molar-refractivity contribution >= 4 is 11.6 Å². The summed E-state index contributed by atoms with van der Waals surface area (Å²) in [5, 5.41) is 3.38. The average molecular weight is 207 g/mol. The molecule has 0 radical (unpaired) electrons. The van der Waals surface area contributed by atoms with E-state index in [1.807, 2.05) is 12.1 Å². The molecule has 1 aliphatic rings. The summed E-state index contributed by atoms with van der Waals surface area (Å²) in [6.07, 6.45) is 2.19. The minimum atomic E-state index is -0.0148. The molecule has 0 amide bonds. The first kappa shape index (κ1) is 10.2. The van der Waals surface area contributed by atoms with Crippen molar-refractivity contribution in [2.24, 2.45) is 0 Å². The first-order valence-electron chi connectivity index (χ1n) is 5.26. The number of rotatable bonds is 2. The van der Waals surface area contributed by atoms with E-state index in [9.17, 15) is 0 Å². The molecule has 2 rings (SSSR count). The third kappa shape index (κ3) is 2.59. The standard InChI is InChI=1S/C11H17N3O/c1-11(6-3-7-15-8-11)14-10-5-2-4-9(12)13-10/h2,4-5H,3,6-8H2,1H3,(H3,12,13,14). The first-order valence-corrected chi connectivity index (χ1v) is 5.26. The van der Waals surface area contributed by atoms with Gasteiger partial charge in [-0.2, -0.15) is 0 Å². The lowest BCUT2D eigenvalue weighted by Gasteiger charge is -2.34. The van der Waals surface area contributed by atoms with Crippen LogP contribution in [-0.2, 0) is 4.74 Å². The van der Waals surface area contributed by atoms with Gasteiger partial charge in [0.15, 0.2) is 0 Å². The van der Waals surface area contributed by atoms with Crippen molar-refractivity contribution < 1.29 is 4.74 Å². The fraction of sp³-hybridized carbons (Fsp3) is 0.545. The van der Waals surface area contributed by atoms with Crippen LogP contribution in [0.3, 0.4) is 0 Å². The molecular formula is C11H17N3O. The van der Waals surface area contributed by atoms with Gasteiger partial charge in [0.1, 0.15) is 11.6 Å². The normalized spacial score (nSPS) is 26.2. The van der Waals surface area contributed by atoms with Crippen LogP contribution in [0.1, 0.15) is 19.8 Å². The number of hydrogen-bond donors (Lipinski definition) is 2. The smallest absolute Gasteiger partial charge is 0.128 e. The van der Waals surface area contributed by atoms with Crippen LogP contribution in [0.5, 0.6) is 0 Å². The SMILES string of the molecule is CC1(Nc2cccc(N)n2)CCCOC1. The van der Waals surface area contributed by atoms with Gasteiger partial charge in [0.25, 0.3) is 0 Å². The predicted octanol–water partition coefficient (Wildman–Crippen LogP) is 1.64. The molecule has 4 heteroatoms. The number of pyridine rings is 1. The van der Waals surface area contributed by atoms with Gasteiger partial charge in [0.05, 0.1) is 12.1 Å². The first-order chi connectivity index (χ1) is 7.18. The molecule has 0 aromatic carbocycles. The predicted molar refractivity (Wildman–Crippen MR) is 60.7 cm³/mol. The van der Waals surface area contributed by atoms with Crippen LogP contribution in [0, 0.1) is 0 Å². The van der Waals surface area contributed by atoms with Crippen molar-refractivity contribution in [3.8, 4) is 0 Å². The highest BCUT2D eigenvalue weighted by Crippen LogP contribution is 2.23. The summed E-state index contributed by atoms with van der Waals surface area (Å²) in [6.45, 7) is 3.74. The summed E-state index contributed by atoms with van der Waals surface area (Å²) in [4.78, 5) is 4.22. The Bertz CT molecular complexity index is 334. The Morgan fingerprint density at radius 1 is 1.53 bits per heavy atom. The highest BCUT2D eigenvalue weighted by atomic mass is 16.5. The maximum Gasteiger partial charge on any atom is 0.128 e. The van der Waals surface area contributed by atoms with Crippen molar-refractivity contribution in [2.45, 2.75) is 25.3 Å². The van der Waals surface area contributed by atoms with Crippen LogP contribution in [0.15, 0.2) is 18.2 Å². The average Bonchev–Trinajstić information content (AvgIpc) is 2.18. The molecule has 1 unspecified atom stereocenters. The molecule has 2 heterocycles. The lowest BCUT2D eigenvalue weighted by Crippen LogP contribution is -2.43. The van der Waals surface area contributed by atoms with Crippen molar-refractivity contribution in [1.82, 2.24) is 4.98 Å². The molecule has 0 spiro atoms. The highest BCUT2D eigenvalue weighted by Gasteiger charge is 2.27. The zero-order chi connectivity index (χ0) is 10.7. The van der Waals surface area contributed by atoms with Gasteiger partial charge in [0, 0.05) is 6.61 Å². The molecule has 1 aliphatic heterocycles. The van der Waals surface area contributed by atoms with Gasteiger partial charge in [-0.25, -0.2) is 4.98 Å². The number of hydrogen-bond acceptors (Lipinski definition) is 4. The number of nitrogens with one attached hydrogen (secondary N) is 1. The van der Waals surface area contributed by atoms with Gasteiger partial charge in [-0.1, -0.05) is 6.07 Å². The summed E-state index contributed by atoms with van der Waals surface area (Å²) in [7, 11) is 0. The Balaban J connectivity index is 2.06. The molecule has 1 aromatic heterocycles.